The SMILES string of the molecule is Cc1cccc(C#CC(=O)N(C)[C@H]2[C@H](C)C[C@@]3(O)[C@H]4Cc5ccc(O)c6c5[C@@]3(CCN4CC3CC3)[C@H]2O6)c1. The average molecular weight is 513 g/mol. The van der Waals surface area contributed by atoms with Crippen molar-refractivity contribution >= 4 is 5.91 Å². The lowest BCUT2D eigenvalue weighted by Crippen LogP contribution is -2.79. The van der Waals surface area contributed by atoms with E-state index in [2.05, 4.69) is 23.7 Å². The van der Waals surface area contributed by atoms with Crippen LogP contribution < -0.4 is 4.74 Å². The molecule has 6 heteroatoms. The fourth-order valence-corrected chi connectivity index (χ4v) is 8.39. The zero-order valence-electron chi connectivity index (χ0n) is 22.4. The summed E-state index contributed by atoms with van der Waals surface area (Å²) < 4.78 is 6.67. The van der Waals surface area contributed by atoms with Crippen molar-refractivity contribution in [3.63, 3.8) is 0 Å². The molecular weight excluding hydrogens is 476 g/mol. The Morgan fingerprint density at radius 1 is 1.26 bits per heavy atom. The van der Waals surface area contributed by atoms with Crippen LogP contribution in [-0.2, 0) is 16.6 Å². The van der Waals surface area contributed by atoms with Crippen molar-refractivity contribution in [3.8, 4) is 23.3 Å². The number of aromatic hydroxyl groups is 1. The highest BCUT2D eigenvalue weighted by atomic mass is 16.5. The van der Waals surface area contributed by atoms with Crippen molar-refractivity contribution < 1.29 is 19.7 Å². The van der Waals surface area contributed by atoms with Crippen LogP contribution in [0, 0.1) is 30.6 Å². The zero-order valence-corrected chi connectivity index (χ0v) is 22.4. The second-order valence-corrected chi connectivity index (χ2v) is 12.5. The number of piperidine rings is 1. The average Bonchev–Trinajstić information content (AvgIpc) is 3.62. The van der Waals surface area contributed by atoms with Crippen LogP contribution in [0.2, 0.25) is 0 Å². The maximum atomic E-state index is 13.4. The molecule has 7 rings (SSSR count). The largest absolute Gasteiger partial charge is 0.504 e. The van der Waals surface area contributed by atoms with Crippen molar-refractivity contribution in [1.82, 2.24) is 9.80 Å². The molecule has 0 radical (unpaired) electrons. The third-order valence-corrected chi connectivity index (χ3v) is 10.2. The minimum Gasteiger partial charge on any atom is -0.504 e. The van der Waals surface area contributed by atoms with Gasteiger partial charge in [-0.05, 0) is 86.7 Å². The summed E-state index contributed by atoms with van der Waals surface area (Å²) in [4.78, 5) is 17.7. The Labute approximate surface area is 224 Å². The number of phenolic OH excluding ortho intramolecular Hbond substituents is 1. The smallest absolute Gasteiger partial charge is 0.298 e. The number of hydrogen-bond acceptors (Lipinski definition) is 5. The molecule has 6 atom stereocenters. The molecule has 2 N–H and O–H groups in total. The van der Waals surface area contributed by atoms with E-state index in [4.69, 9.17) is 4.74 Å². The third kappa shape index (κ3) is 3.25. The Hall–Kier alpha value is -3.01. The second kappa shape index (κ2) is 8.24. The summed E-state index contributed by atoms with van der Waals surface area (Å²) in [7, 11) is 1.81. The van der Waals surface area contributed by atoms with Crippen LogP contribution in [0.15, 0.2) is 36.4 Å². The number of hydrogen-bond donors (Lipinski definition) is 2. The number of likely N-dealkylation sites (tertiary alicyclic amines) is 1. The van der Waals surface area contributed by atoms with E-state index in [1.54, 1.807) is 11.0 Å². The lowest BCUT2D eigenvalue weighted by atomic mass is 9.46. The molecule has 1 saturated heterocycles. The van der Waals surface area contributed by atoms with E-state index >= 15 is 0 Å². The number of benzene rings is 2. The summed E-state index contributed by atoms with van der Waals surface area (Å²) in [6.07, 6.45) is 4.21. The van der Waals surface area contributed by atoms with E-state index in [9.17, 15) is 15.0 Å². The molecule has 1 spiro atoms. The van der Waals surface area contributed by atoms with Crippen LogP contribution in [0.25, 0.3) is 0 Å². The Morgan fingerprint density at radius 3 is 2.84 bits per heavy atom. The number of aliphatic hydroxyl groups is 1. The van der Waals surface area contributed by atoms with Crippen LogP contribution >= 0.6 is 0 Å². The van der Waals surface area contributed by atoms with Crippen molar-refractivity contribution in [3.05, 3.63) is 58.7 Å². The van der Waals surface area contributed by atoms with Crippen molar-refractivity contribution in [1.29, 1.82) is 0 Å². The highest BCUT2D eigenvalue weighted by molar-refractivity contribution is 5.94. The van der Waals surface area contributed by atoms with E-state index < -0.39 is 17.1 Å². The molecule has 5 aliphatic rings. The van der Waals surface area contributed by atoms with Crippen molar-refractivity contribution in [2.75, 3.05) is 20.1 Å². The number of rotatable bonds is 3. The molecule has 3 fully saturated rings. The normalized spacial score (nSPS) is 34.5. The number of nitrogens with zero attached hydrogens (tertiary/aromatic N) is 2. The summed E-state index contributed by atoms with van der Waals surface area (Å²) in [5, 5.41) is 23.6. The predicted octanol–water partition coefficient (Wildman–Crippen LogP) is 3.39. The highest BCUT2D eigenvalue weighted by Gasteiger charge is 2.74. The van der Waals surface area contributed by atoms with Gasteiger partial charge < -0.3 is 19.8 Å². The summed E-state index contributed by atoms with van der Waals surface area (Å²) in [5.74, 6) is 6.99. The number of ether oxygens (including phenoxy) is 1. The zero-order chi connectivity index (χ0) is 26.4. The molecule has 0 unspecified atom stereocenters. The summed E-state index contributed by atoms with van der Waals surface area (Å²) in [6, 6.07) is 11.3. The molecule has 2 heterocycles. The summed E-state index contributed by atoms with van der Waals surface area (Å²) in [6.45, 7) is 6.06. The van der Waals surface area contributed by atoms with Gasteiger partial charge in [0.25, 0.3) is 5.91 Å². The first-order valence-corrected chi connectivity index (χ1v) is 14.1. The number of aryl methyl sites for hydroxylation is 1. The van der Waals surface area contributed by atoms with Gasteiger partial charge in [-0.15, -0.1) is 0 Å². The monoisotopic (exact) mass is 512 g/mol. The van der Waals surface area contributed by atoms with E-state index in [1.807, 2.05) is 44.3 Å². The number of carbonyl (C=O) groups is 1. The Bertz CT molecular complexity index is 1390. The molecule has 198 valence electrons. The van der Waals surface area contributed by atoms with Crippen LogP contribution in [0.1, 0.15) is 54.9 Å². The van der Waals surface area contributed by atoms with Gasteiger partial charge in [-0.25, -0.2) is 0 Å². The number of amides is 1. The Balaban J connectivity index is 1.29. The lowest BCUT2D eigenvalue weighted by molar-refractivity contribution is -0.212. The standard InChI is InChI=1S/C32H36N2O4/c1-19-5-4-6-21(15-19)9-12-26(36)33(3)28-20(2)17-32(37)25-16-23-10-11-24(35)29-27(23)31(32,30(28)38-29)13-14-34(25)18-22-7-8-22/h4-6,10-11,15,20,22,25,28,30,35,37H,7-8,13-14,16-18H2,1-3H3/t20-,25-,28+,30+,31+,32-/m1/s1. The lowest BCUT2D eigenvalue weighted by Gasteiger charge is -2.66. The van der Waals surface area contributed by atoms with E-state index in [-0.39, 0.29) is 29.7 Å². The number of carbonyl (C=O) groups excluding carboxylic acids is 1. The van der Waals surface area contributed by atoms with Gasteiger partial charge in [0.2, 0.25) is 0 Å². The minimum absolute atomic E-state index is 0.00535. The van der Waals surface area contributed by atoms with E-state index in [0.29, 0.717) is 12.2 Å². The van der Waals surface area contributed by atoms with Crippen LogP contribution in [0.4, 0.5) is 0 Å². The van der Waals surface area contributed by atoms with Crippen molar-refractivity contribution in [2.45, 2.75) is 75.2 Å². The molecule has 2 saturated carbocycles. The first-order valence-electron chi connectivity index (χ1n) is 14.1. The van der Waals surface area contributed by atoms with Gasteiger partial charge in [-0.2, -0.15) is 0 Å². The quantitative estimate of drug-likeness (QED) is 0.617. The number of likely N-dealkylation sites (N-methyl/N-ethyl adjacent to an activating group) is 1. The van der Waals surface area contributed by atoms with Crippen LogP contribution in [0.3, 0.4) is 0 Å². The van der Waals surface area contributed by atoms with Gasteiger partial charge >= 0.3 is 0 Å². The van der Waals surface area contributed by atoms with E-state index in [0.717, 1.165) is 54.1 Å². The van der Waals surface area contributed by atoms with Gasteiger partial charge in [0.15, 0.2) is 11.5 Å². The third-order valence-electron chi connectivity index (χ3n) is 10.2. The van der Waals surface area contributed by atoms with Crippen LogP contribution in [0.5, 0.6) is 11.5 Å². The summed E-state index contributed by atoms with van der Waals surface area (Å²) >= 11 is 0. The van der Waals surface area contributed by atoms with Gasteiger partial charge in [0, 0.05) is 36.7 Å². The second-order valence-electron chi connectivity index (χ2n) is 12.5. The molecule has 0 aromatic heterocycles. The van der Waals surface area contributed by atoms with Gasteiger partial charge in [0.1, 0.15) is 6.10 Å². The van der Waals surface area contributed by atoms with Gasteiger partial charge in [-0.3, -0.25) is 9.69 Å². The van der Waals surface area contributed by atoms with Crippen LogP contribution in [-0.4, -0.2) is 69.8 Å². The molecule has 2 bridgehead atoms. The molecular formula is C32H36N2O4. The maximum absolute atomic E-state index is 13.4. The van der Waals surface area contributed by atoms with Gasteiger partial charge in [0.05, 0.1) is 17.1 Å². The molecule has 6 nitrogen and oxygen atoms in total. The van der Waals surface area contributed by atoms with Crippen molar-refractivity contribution in [2.24, 2.45) is 11.8 Å². The molecule has 2 aromatic rings. The molecule has 1 amide bonds. The highest BCUT2D eigenvalue weighted by Crippen LogP contribution is 2.66. The Kier molecular flexibility index (Phi) is 5.22. The predicted molar refractivity (Wildman–Crippen MR) is 144 cm³/mol. The molecule has 38 heavy (non-hydrogen) atoms. The molecule has 2 aromatic carbocycles. The first kappa shape index (κ1) is 24.1. The molecule has 3 aliphatic carbocycles. The number of phenols is 1. The fourth-order valence-electron chi connectivity index (χ4n) is 8.39. The van der Waals surface area contributed by atoms with E-state index in [1.165, 1.54) is 12.8 Å². The first-order chi connectivity index (χ1) is 18.2. The maximum Gasteiger partial charge on any atom is 0.298 e. The molecule has 2 aliphatic heterocycles. The summed E-state index contributed by atoms with van der Waals surface area (Å²) in [5.41, 5.74) is 2.42. The fraction of sp³-hybridized carbons (Fsp3) is 0.531. The topological polar surface area (TPSA) is 73.2 Å². The minimum atomic E-state index is -0.982. The Morgan fingerprint density at radius 2 is 2.08 bits per heavy atom. The van der Waals surface area contributed by atoms with Gasteiger partial charge in [-0.1, -0.05) is 31.0 Å².